The Morgan fingerprint density at radius 2 is 2.15 bits per heavy atom. The first-order chi connectivity index (χ1) is 12.8. The quantitative estimate of drug-likeness (QED) is 0.655. The molecule has 3 N–H and O–H groups in total. The second-order valence-electron chi connectivity index (χ2n) is 5.87. The summed E-state index contributed by atoms with van der Waals surface area (Å²) in [6.45, 7) is 0.904. The standard InChI is InChI=1S/C18H19N5OS2/c24-7-8-25-16-4-2-13(11-22-16)21-10-12-1-3-15-14(9-12)23-17-18(26-15)20-6-5-19-17/h1-6,9,11,14-15,21,24H,7-8,10H2,(H,19,23)/t14-,15?/m0/s1. The van der Waals surface area contributed by atoms with Gasteiger partial charge in [-0.15, -0.1) is 11.8 Å². The summed E-state index contributed by atoms with van der Waals surface area (Å²) in [4.78, 5) is 13.1. The Morgan fingerprint density at radius 3 is 3.00 bits per heavy atom. The molecule has 1 aliphatic heterocycles. The normalized spacial score (nSPS) is 20.6. The number of nitrogens with one attached hydrogen (secondary N) is 2. The van der Waals surface area contributed by atoms with Crippen LogP contribution in [0.2, 0.25) is 0 Å². The predicted molar refractivity (Wildman–Crippen MR) is 107 cm³/mol. The van der Waals surface area contributed by atoms with Gasteiger partial charge < -0.3 is 15.7 Å². The molecule has 3 heterocycles. The molecule has 0 saturated heterocycles. The Balaban J connectivity index is 1.36. The molecule has 0 aromatic carbocycles. The molecule has 4 rings (SSSR count). The number of rotatable bonds is 6. The van der Waals surface area contributed by atoms with Crippen molar-refractivity contribution in [3.05, 3.63) is 54.5 Å². The van der Waals surface area contributed by atoms with Gasteiger partial charge in [-0.05, 0) is 17.7 Å². The fraction of sp³-hybridized carbons (Fsp3) is 0.278. The lowest BCUT2D eigenvalue weighted by molar-refractivity contribution is 0.322. The van der Waals surface area contributed by atoms with E-state index in [0.717, 1.165) is 28.1 Å². The highest BCUT2D eigenvalue weighted by molar-refractivity contribution is 8.00. The smallest absolute Gasteiger partial charge is 0.159 e. The molecule has 0 bridgehead atoms. The maximum atomic E-state index is 8.86. The van der Waals surface area contributed by atoms with Crippen molar-refractivity contribution in [2.75, 3.05) is 29.5 Å². The van der Waals surface area contributed by atoms with E-state index in [9.17, 15) is 0 Å². The molecule has 6 nitrogen and oxygen atoms in total. The lowest BCUT2D eigenvalue weighted by Gasteiger charge is -2.31. The van der Waals surface area contributed by atoms with Crippen LogP contribution in [0.4, 0.5) is 11.5 Å². The molecule has 2 aromatic rings. The molecule has 2 aromatic heterocycles. The van der Waals surface area contributed by atoms with Crippen molar-refractivity contribution in [3.8, 4) is 0 Å². The predicted octanol–water partition coefficient (Wildman–Crippen LogP) is 2.82. The zero-order valence-electron chi connectivity index (χ0n) is 14.0. The van der Waals surface area contributed by atoms with Gasteiger partial charge in [-0.2, -0.15) is 0 Å². The van der Waals surface area contributed by atoms with E-state index in [4.69, 9.17) is 5.11 Å². The third kappa shape index (κ3) is 4.03. The first kappa shape index (κ1) is 17.4. The number of hydrogen-bond acceptors (Lipinski definition) is 8. The minimum absolute atomic E-state index is 0.164. The molecule has 2 atom stereocenters. The number of aromatic nitrogens is 3. The maximum absolute atomic E-state index is 8.86. The summed E-state index contributed by atoms with van der Waals surface area (Å²) >= 11 is 3.30. The molecule has 0 fully saturated rings. The number of fused-ring (bicyclic) bond motifs is 2. The third-order valence-corrected chi connectivity index (χ3v) is 6.21. The van der Waals surface area contributed by atoms with E-state index in [1.807, 2.05) is 18.3 Å². The van der Waals surface area contributed by atoms with Crippen molar-refractivity contribution in [2.45, 2.75) is 21.3 Å². The van der Waals surface area contributed by atoms with E-state index < -0.39 is 0 Å². The van der Waals surface area contributed by atoms with Crippen LogP contribution in [0.3, 0.4) is 0 Å². The molecule has 2 aliphatic rings. The van der Waals surface area contributed by atoms with Gasteiger partial charge in [0.2, 0.25) is 0 Å². The molecule has 134 valence electrons. The average Bonchev–Trinajstić information content (AvgIpc) is 2.69. The van der Waals surface area contributed by atoms with Crippen molar-refractivity contribution < 1.29 is 5.11 Å². The van der Waals surface area contributed by atoms with Gasteiger partial charge in [0.25, 0.3) is 0 Å². The Morgan fingerprint density at radius 1 is 1.23 bits per heavy atom. The number of thioether (sulfide) groups is 2. The monoisotopic (exact) mass is 385 g/mol. The Labute approximate surface area is 160 Å². The second kappa shape index (κ2) is 8.11. The molecule has 0 radical (unpaired) electrons. The maximum Gasteiger partial charge on any atom is 0.159 e. The zero-order valence-corrected chi connectivity index (χ0v) is 15.6. The van der Waals surface area contributed by atoms with E-state index in [1.165, 1.54) is 5.57 Å². The number of anilines is 2. The molecule has 0 amide bonds. The fourth-order valence-electron chi connectivity index (χ4n) is 2.80. The number of aliphatic hydroxyl groups is 1. The van der Waals surface area contributed by atoms with E-state index in [1.54, 1.807) is 35.9 Å². The molecular formula is C18H19N5OS2. The highest BCUT2D eigenvalue weighted by Crippen LogP contribution is 2.37. The number of nitrogens with zero attached hydrogens (tertiary/aromatic N) is 3. The second-order valence-corrected chi connectivity index (χ2v) is 8.16. The summed E-state index contributed by atoms with van der Waals surface area (Å²) in [7, 11) is 0. The fourth-order valence-corrected chi connectivity index (χ4v) is 4.44. The van der Waals surface area contributed by atoms with Gasteiger partial charge in [0.1, 0.15) is 5.03 Å². The minimum atomic E-state index is 0.164. The van der Waals surface area contributed by atoms with Crippen LogP contribution in [0.15, 0.2) is 64.6 Å². The van der Waals surface area contributed by atoms with Crippen molar-refractivity contribution in [3.63, 3.8) is 0 Å². The lowest BCUT2D eigenvalue weighted by atomic mass is 10.0. The summed E-state index contributed by atoms with van der Waals surface area (Å²) in [6, 6.07) is 4.21. The van der Waals surface area contributed by atoms with E-state index in [-0.39, 0.29) is 12.6 Å². The summed E-state index contributed by atoms with van der Waals surface area (Å²) in [5, 5.41) is 18.0. The zero-order chi connectivity index (χ0) is 17.8. The average molecular weight is 386 g/mol. The van der Waals surface area contributed by atoms with E-state index >= 15 is 0 Å². The topological polar surface area (TPSA) is 83.0 Å². The minimum Gasteiger partial charge on any atom is -0.396 e. The van der Waals surface area contributed by atoms with Gasteiger partial charge in [0.05, 0.1) is 34.8 Å². The van der Waals surface area contributed by atoms with E-state index in [0.29, 0.717) is 11.0 Å². The Kier molecular flexibility index (Phi) is 5.42. The van der Waals surface area contributed by atoms with Crippen LogP contribution in [0, 0.1) is 0 Å². The highest BCUT2D eigenvalue weighted by Gasteiger charge is 2.29. The molecule has 8 heteroatoms. The molecular weight excluding hydrogens is 366 g/mol. The van der Waals surface area contributed by atoms with Crippen molar-refractivity contribution in [2.24, 2.45) is 0 Å². The van der Waals surface area contributed by atoms with Crippen LogP contribution in [0.1, 0.15) is 0 Å². The summed E-state index contributed by atoms with van der Waals surface area (Å²) in [6.07, 6.45) is 11.9. The van der Waals surface area contributed by atoms with Crippen molar-refractivity contribution in [1.29, 1.82) is 0 Å². The highest BCUT2D eigenvalue weighted by atomic mass is 32.2. The largest absolute Gasteiger partial charge is 0.396 e. The van der Waals surface area contributed by atoms with Gasteiger partial charge in [0.15, 0.2) is 5.82 Å². The third-order valence-electron chi connectivity index (χ3n) is 4.04. The molecule has 0 spiro atoms. The van der Waals surface area contributed by atoms with Gasteiger partial charge in [-0.3, -0.25) is 0 Å². The molecule has 26 heavy (non-hydrogen) atoms. The lowest BCUT2D eigenvalue weighted by Crippen LogP contribution is -2.34. The van der Waals surface area contributed by atoms with Crippen molar-refractivity contribution in [1.82, 2.24) is 15.0 Å². The summed E-state index contributed by atoms with van der Waals surface area (Å²) in [5.74, 6) is 1.52. The van der Waals surface area contributed by atoms with Crippen LogP contribution in [-0.2, 0) is 0 Å². The summed E-state index contributed by atoms with van der Waals surface area (Å²) < 4.78 is 0. The van der Waals surface area contributed by atoms with Gasteiger partial charge in [-0.25, -0.2) is 15.0 Å². The Bertz CT molecular complexity index is 825. The Hall–Kier alpha value is -2.03. The molecule has 1 unspecified atom stereocenters. The molecule has 1 aliphatic carbocycles. The SMILES string of the molecule is OCCSc1ccc(NCC2=C[C@@H]3Nc4nccnc4SC3C=C2)cn1. The van der Waals surface area contributed by atoms with Crippen LogP contribution in [0.5, 0.6) is 0 Å². The van der Waals surface area contributed by atoms with Gasteiger partial charge in [-0.1, -0.05) is 30.0 Å². The van der Waals surface area contributed by atoms with E-state index in [2.05, 4.69) is 43.8 Å². The number of aliphatic hydroxyl groups excluding tert-OH is 1. The van der Waals surface area contributed by atoms with Crippen LogP contribution < -0.4 is 10.6 Å². The number of pyridine rings is 1. The first-order valence-electron chi connectivity index (χ1n) is 8.38. The van der Waals surface area contributed by atoms with Gasteiger partial charge in [0, 0.05) is 24.7 Å². The van der Waals surface area contributed by atoms with Crippen LogP contribution in [-0.4, -0.2) is 50.3 Å². The summed E-state index contributed by atoms with van der Waals surface area (Å²) in [5.41, 5.74) is 2.21. The number of hydrogen-bond donors (Lipinski definition) is 3. The van der Waals surface area contributed by atoms with Crippen molar-refractivity contribution >= 4 is 35.0 Å². The van der Waals surface area contributed by atoms with Crippen LogP contribution in [0.25, 0.3) is 0 Å². The van der Waals surface area contributed by atoms with Gasteiger partial charge >= 0.3 is 0 Å². The molecule has 0 saturated carbocycles. The van der Waals surface area contributed by atoms with Crippen LogP contribution >= 0.6 is 23.5 Å². The first-order valence-corrected chi connectivity index (χ1v) is 10.2.